The minimum Gasteiger partial charge on any atom is -0.488 e. The van der Waals surface area contributed by atoms with Gasteiger partial charge in [-0.05, 0) is 18.6 Å². The predicted octanol–water partition coefficient (Wildman–Crippen LogP) is 2.20. The quantitative estimate of drug-likeness (QED) is 0.810. The molecule has 0 aromatic heterocycles. The Morgan fingerprint density at radius 2 is 2.33 bits per heavy atom. The van der Waals surface area contributed by atoms with E-state index in [1.54, 1.807) is 19.1 Å². The summed E-state index contributed by atoms with van der Waals surface area (Å²) in [7, 11) is 0. The van der Waals surface area contributed by atoms with E-state index in [2.05, 4.69) is 0 Å². The molecule has 0 radical (unpaired) electrons. The second-order valence-corrected chi connectivity index (χ2v) is 3.53. The maximum atomic E-state index is 13.3. The van der Waals surface area contributed by atoms with Gasteiger partial charge in [0.1, 0.15) is 6.61 Å². The van der Waals surface area contributed by atoms with E-state index in [4.69, 9.17) is 21.4 Å². The zero-order valence-corrected chi connectivity index (χ0v) is 8.79. The minimum atomic E-state index is -1.19. The van der Waals surface area contributed by atoms with Crippen LogP contribution in [0.15, 0.2) is 18.2 Å². The molecule has 5 heteroatoms. The lowest BCUT2D eigenvalue weighted by Crippen LogP contribution is -2.21. The summed E-state index contributed by atoms with van der Waals surface area (Å²) in [4.78, 5) is 10.4. The summed E-state index contributed by atoms with van der Waals surface area (Å²) in [5.41, 5.74) is 0.439. The number of carbonyl (C=O) groups is 1. The number of rotatable bonds is 4. The van der Waals surface area contributed by atoms with Gasteiger partial charge in [-0.1, -0.05) is 12.1 Å². The van der Waals surface area contributed by atoms with Gasteiger partial charge >= 0.3 is 5.97 Å². The molecule has 1 aromatic carbocycles. The van der Waals surface area contributed by atoms with Crippen molar-refractivity contribution in [2.45, 2.75) is 12.3 Å². The standard InChI is InChI=1S/C10H10ClFO3/c1-6-3-2-4-8(9(6)12)15-5-7(11)10(13)14/h2-4,7H,5H2,1H3,(H,13,14). The highest BCUT2D eigenvalue weighted by atomic mass is 35.5. The van der Waals surface area contributed by atoms with E-state index in [1.165, 1.54) is 6.07 Å². The van der Waals surface area contributed by atoms with E-state index >= 15 is 0 Å². The van der Waals surface area contributed by atoms with Crippen molar-refractivity contribution in [3.63, 3.8) is 0 Å². The number of carboxylic acid groups (broad SMARTS) is 1. The van der Waals surface area contributed by atoms with Gasteiger partial charge in [0.15, 0.2) is 16.9 Å². The molecule has 0 saturated carbocycles. The van der Waals surface area contributed by atoms with E-state index in [0.717, 1.165) is 0 Å². The molecule has 3 nitrogen and oxygen atoms in total. The Bertz CT molecular complexity index is 368. The average molecular weight is 233 g/mol. The molecule has 1 aromatic rings. The smallest absolute Gasteiger partial charge is 0.325 e. The van der Waals surface area contributed by atoms with Crippen LogP contribution in [0.3, 0.4) is 0 Å². The lowest BCUT2D eigenvalue weighted by atomic mass is 10.2. The Morgan fingerprint density at radius 1 is 1.67 bits per heavy atom. The molecule has 0 aliphatic heterocycles. The number of hydrogen-bond acceptors (Lipinski definition) is 2. The summed E-state index contributed by atoms with van der Waals surface area (Å²) >= 11 is 5.41. The minimum absolute atomic E-state index is 0.0156. The van der Waals surface area contributed by atoms with Crippen LogP contribution >= 0.6 is 11.6 Å². The van der Waals surface area contributed by atoms with Gasteiger partial charge < -0.3 is 9.84 Å². The highest BCUT2D eigenvalue weighted by Crippen LogP contribution is 2.20. The highest BCUT2D eigenvalue weighted by Gasteiger charge is 2.15. The molecule has 1 N–H and O–H groups in total. The van der Waals surface area contributed by atoms with Crippen LogP contribution in [0, 0.1) is 12.7 Å². The Morgan fingerprint density at radius 3 is 2.93 bits per heavy atom. The lowest BCUT2D eigenvalue weighted by molar-refractivity contribution is -0.137. The molecule has 0 bridgehead atoms. The first-order chi connectivity index (χ1) is 7.02. The third kappa shape index (κ3) is 3.09. The van der Waals surface area contributed by atoms with Gasteiger partial charge in [-0.3, -0.25) is 4.79 Å². The van der Waals surface area contributed by atoms with Gasteiger partial charge in [0.2, 0.25) is 0 Å². The van der Waals surface area contributed by atoms with Crippen LogP contribution in [-0.4, -0.2) is 23.1 Å². The van der Waals surface area contributed by atoms with Gasteiger partial charge in [-0.25, -0.2) is 4.39 Å². The Balaban J connectivity index is 2.66. The zero-order valence-electron chi connectivity index (χ0n) is 8.04. The van der Waals surface area contributed by atoms with Crippen molar-refractivity contribution in [2.75, 3.05) is 6.61 Å². The first-order valence-electron chi connectivity index (χ1n) is 4.27. The molecule has 0 fully saturated rings. The number of aryl methyl sites for hydroxylation is 1. The van der Waals surface area contributed by atoms with E-state index < -0.39 is 17.2 Å². The fourth-order valence-electron chi connectivity index (χ4n) is 0.966. The summed E-state index contributed by atoms with van der Waals surface area (Å²) < 4.78 is 18.3. The zero-order chi connectivity index (χ0) is 11.4. The molecule has 0 heterocycles. The molecule has 1 atom stereocenters. The summed E-state index contributed by atoms with van der Waals surface area (Å²) in [5, 5.41) is 7.30. The fourth-order valence-corrected chi connectivity index (χ4v) is 1.03. The van der Waals surface area contributed by atoms with E-state index in [1.807, 2.05) is 0 Å². The third-order valence-corrected chi connectivity index (χ3v) is 2.12. The number of halogens is 2. The molecule has 0 saturated heterocycles. The van der Waals surface area contributed by atoms with Crippen molar-refractivity contribution in [3.8, 4) is 5.75 Å². The predicted molar refractivity (Wildman–Crippen MR) is 53.9 cm³/mol. The maximum absolute atomic E-state index is 13.3. The molecule has 1 unspecified atom stereocenters. The van der Waals surface area contributed by atoms with Crippen LogP contribution in [0.1, 0.15) is 5.56 Å². The Hall–Kier alpha value is -1.29. The molecule has 0 aliphatic rings. The van der Waals surface area contributed by atoms with Crippen LogP contribution in [0.5, 0.6) is 5.75 Å². The summed E-state index contributed by atoms with van der Waals surface area (Å²) in [6.45, 7) is 1.33. The number of aliphatic carboxylic acids is 1. The Kier molecular flexibility index (Phi) is 3.91. The SMILES string of the molecule is Cc1cccc(OCC(Cl)C(=O)O)c1F. The van der Waals surface area contributed by atoms with Gasteiger partial charge in [0.05, 0.1) is 0 Å². The van der Waals surface area contributed by atoms with Gasteiger partial charge in [-0.2, -0.15) is 0 Å². The number of hydrogen-bond donors (Lipinski definition) is 1. The van der Waals surface area contributed by atoms with Crippen molar-refractivity contribution in [3.05, 3.63) is 29.6 Å². The molecular formula is C10H10ClFO3. The summed E-state index contributed by atoms with van der Waals surface area (Å²) in [6, 6.07) is 4.64. The monoisotopic (exact) mass is 232 g/mol. The van der Waals surface area contributed by atoms with E-state index in [0.29, 0.717) is 5.56 Å². The van der Waals surface area contributed by atoms with Crippen LogP contribution < -0.4 is 4.74 Å². The second kappa shape index (κ2) is 4.98. The van der Waals surface area contributed by atoms with Crippen LogP contribution in [0.25, 0.3) is 0 Å². The molecule has 0 aliphatic carbocycles. The highest BCUT2D eigenvalue weighted by molar-refractivity contribution is 6.29. The molecule has 0 amide bonds. The van der Waals surface area contributed by atoms with E-state index in [9.17, 15) is 9.18 Å². The number of carboxylic acids is 1. The molecule has 15 heavy (non-hydrogen) atoms. The van der Waals surface area contributed by atoms with Gasteiger partial charge in [0, 0.05) is 0 Å². The van der Waals surface area contributed by atoms with E-state index in [-0.39, 0.29) is 12.4 Å². The van der Waals surface area contributed by atoms with Crippen molar-refractivity contribution in [2.24, 2.45) is 0 Å². The van der Waals surface area contributed by atoms with Crippen molar-refractivity contribution in [1.82, 2.24) is 0 Å². The van der Waals surface area contributed by atoms with Crippen LogP contribution in [0.2, 0.25) is 0 Å². The molecule has 1 rings (SSSR count). The maximum Gasteiger partial charge on any atom is 0.325 e. The number of ether oxygens (including phenoxy) is 1. The fraction of sp³-hybridized carbons (Fsp3) is 0.300. The van der Waals surface area contributed by atoms with Crippen molar-refractivity contribution in [1.29, 1.82) is 0 Å². The molecular weight excluding hydrogens is 223 g/mol. The number of benzene rings is 1. The topological polar surface area (TPSA) is 46.5 Å². The second-order valence-electron chi connectivity index (χ2n) is 3.00. The van der Waals surface area contributed by atoms with Crippen molar-refractivity contribution < 1.29 is 19.0 Å². The average Bonchev–Trinajstić information content (AvgIpc) is 2.19. The molecule has 82 valence electrons. The van der Waals surface area contributed by atoms with Gasteiger partial charge in [-0.15, -0.1) is 11.6 Å². The Labute approximate surface area is 91.4 Å². The lowest BCUT2D eigenvalue weighted by Gasteiger charge is -2.09. The van der Waals surface area contributed by atoms with Gasteiger partial charge in [0.25, 0.3) is 0 Å². The summed E-state index contributed by atoms with van der Waals surface area (Å²) in [5.74, 6) is -1.67. The number of alkyl halides is 1. The van der Waals surface area contributed by atoms with Crippen LogP contribution in [0.4, 0.5) is 4.39 Å². The van der Waals surface area contributed by atoms with Crippen LogP contribution in [-0.2, 0) is 4.79 Å². The molecule has 0 spiro atoms. The van der Waals surface area contributed by atoms with Crippen molar-refractivity contribution >= 4 is 17.6 Å². The largest absolute Gasteiger partial charge is 0.488 e. The normalized spacial score (nSPS) is 12.2. The first kappa shape index (κ1) is 11.8. The first-order valence-corrected chi connectivity index (χ1v) is 4.71. The third-order valence-electron chi connectivity index (χ3n) is 1.81. The summed E-state index contributed by atoms with van der Waals surface area (Å²) in [6.07, 6.45) is 0.